The van der Waals surface area contributed by atoms with Gasteiger partial charge in [0.1, 0.15) is 16.8 Å². The first-order valence-corrected chi connectivity index (χ1v) is 9.03. The molecule has 3 rings (SSSR count). The zero-order chi connectivity index (χ0) is 18.9. The average Bonchev–Trinajstić information content (AvgIpc) is 2.74. The molecule has 0 unspecified atom stereocenters. The van der Waals surface area contributed by atoms with E-state index in [1.807, 2.05) is 0 Å². The van der Waals surface area contributed by atoms with Crippen molar-refractivity contribution >= 4 is 22.2 Å². The number of pyridine rings is 1. The van der Waals surface area contributed by atoms with Gasteiger partial charge in [-0.25, -0.2) is 4.98 Å². The van der Waals surface area contributed by atoms with E-state index >= 15 is 0 Å². The fourth-order valence-corrected chi connectivity index (χ4v) is 4.31. The summed E-state index contributed by atoms with van der Waals surface area (Å²) >= 11 is 1.38. The minimum atomic E-state index is -4.56. The number of hydrogen-bond acceptors (Lipinski definition) is 4. The second-order valence-corrected chi connectivity index (χ2v) is 7.27. The lowest BCUT2D eigenvalue weighted by molar-refractivity contribution is -0.141. The maximum absolute atomic E-state index is 12.7. The van der Waals surface area contributed by atoms with E-state index in [-0.39, 0.29) is 11.3 Å². The Balaban J connectivity index is 1.88. The summed E-state index contributed by atoms with van der Waals surface area (Å²) in [6.07, 6.45) is 0.307. The van der Waals surface area contributed by atoms with Crippen molar-refractivity contribution in [3.05, 3.63) is 45.1 Å². The van der Waals surface area contributed by atoms with Gasteiger partial charge in [-0.3, -0.25) is 4.79 Å². The Labute approximate surface area is 152 Å². The number of nitrogens with one attached hydrogen (secondary N) is 1. The molecule has 0 bridgehead atoms. The maximum Gasteiger partial charge on any atom is 0.433 e. The van der Waals surface area contributed by atoms with Crippen LogP contribution in [0.25, 0.3) is 0 Å². The van der Waals surface area contributed by atoms with Crippen molar-refractivity contribution in [3.63, 3.8) is 0 Å². The second kappa shape index (κ2) is 7.08. The van der Waals surface area contributed by atoms with E-state index in [0.717, 1.165) is 54.7 Å². The molecule has 1 N–H and O–H groups in total. The molecule has 2 heterocycles. The van der Waals surface area contributed by atoms with Gasteiger partial charge in [0, 0.05) is 4.88 Å². The summed E-state index contributed by atoms with van der Waals surface area (Å²) in [6, 6.07) is 4.07. The SMILES string of the molecule is Cc1nc(C(F)(F)F)ccc1C(=O)Nc1sc2c(c1C#N)CCCCC2. The Morgan fingerprint density at radius 1 is 1.27 bits per heavy atom. The Kier molecular flexibility index (Phi) is 5.01. The third-order valence-electron chi connectivity index (χ3n) is 4.38. The van der Waals surface area contributed by atoms with Gasteiger partial charge in [0.05, 0.1) is 16.8 Å². The van der Waals surface area contributed by atoms with Gasteiger partial charge in [0.25, 0.3) is 5.91 Å². The molecule has 26 heavy (non-hydrogen) atoms. The molecule has 8 heteroatoms. The Morgan fingerprint density at radius 3 is 2.65 bits per heavy atom. The molecule has 2 aromatic heterocycles. The van der Waals surface area contributed by atoms with Gasteiger partial charge in [-0.15, -0.1) is 11.3 Å². The summed E-state index contributed by atoms with van der Waals surface area (Å²) in [7, 11) is 0. The number of aryl methyl sites for hydroxylation is 2. The van der Waals surface area contributed by atoms with Crippen LogP contribution in [0.4, 0.5) is 18.2 Å². The quantitative estimate of drug-likeness (QED) is 0.758. The van der Waals surface area contributed by atoms with Crippen LogP contribution in [0, 0.1) is 18.3 Å². The van der Waals surface area contributed by atoms with Crippen LogP contribution in [-0.4, -0.2) is 10.9 Å². The lowest BCUT2D eigenvalue weighted by Crippen LogP contribution is -2.16. The normalized spacial score (nSPS) is 14.3. The molecule has 1 aliphatic carbocycles. The van der Waals surface area contributed by atoms with Gasteiger partial charge in [0.15, 0.2) is 0 Å². The highest BCUT2D eigenvalue weighted by Gasteiger charge is 2.33. The molecular formula is C18H16F3N3OS. The molecule has 1 amide bonds. The van der Waals surface area contributed by atoms with Crippen molar-refractivity contribution in [2.45, 2.75) is 45.2 Å². The van der Waals surface area contributed by atoms with Crippen LogP contribution >= 0.6 is 11.3 Å². The largest absolute Gasteiger partial charge is 0.433 e. The number of rotatable bonds is 2. The number of halogens is 3. The fraction of sp³-hybridized carbons (Fsp3) is 0.389. The Bertz CT molecular complexity index is 896. The van der Waals surface area contributed by atoms with Crippen molar-refractivity contribution in [1.82, 2.24) is 4.98 Å². The standard InChI is InChI=1S/C18H16F3N3OS/c1-10-11(7-8-15(23-10)18(19,20)21)16(25)24-17-13(9-22)12-5-3-2-4-6-14(12)26-17/h7-8H,2-6H2,1H3,(H,24,25). The Morgan fingerprint density at radius 2 is 2.00 bits per heavy atom. The highest BCUT2D eigenvalue weighted by molar-refractivity contribution is 7.16. The molecule has 0 atom stereocenters. The van der Waals surface area contributed by atoms with Gasteiger partial charge in [-0.2, -0.15) is 18.4 Å². The minimum absolute atomic E-state index is 0.00560. The van der Waals surface area contributed by atoms with E-state index in [2.05, 4.69) is 16.4 Å². The molecule has 4 nitrogen and oxygen atoms in total. The van der Waals surface area contributed by atoms with Crippen molar-refractivity contribution < 1.29 is 18.0 Å². The van der Waals surface area contributed by atoms with Crippen molar-refractivity contribution in [2.75, 3.05) is 5.32 Å². The smallest absolute Gasteiger partial charge is 0.312 e. The number of carbonyl (C=O) groups excluding carboxylic acids is 1. The highest BCUT2D eigenvalue weighted by Crippen LogP contribution is 2.37. The van der Waals surface area contributed by atoms with E-state index in [4.69, 9.17) is 0 Å². The number of nitriles is 1. The van der Waals surface area contributed by atoms with Crippen LogP contribution in [-0.2, 0) is 19.0 Å². The van der Waals surface area contributed by atoms with Crippen molar-refractivity contribution in [2.24, 2.45) is 0 Å². The third kappa shape index (κ3) is 3.58. The van der Waals surface area contributed by atoms with Crippen LogP contribution < -0.4 is 5.32 Å². The molecule has 0 saturated carbocycles. The number of anilines is 1. The first kappa shape index (κ1) is 18.4. The van der Waals surface area contributed by atoms with Gasteiger partial charge in [0.2, 0.25) is 0 Å². The molecule has 0 spiro atoms. The summed E-state index contributed by atoms with van der Waals surface area (Å²) in [5, 5.41) is 12.6. The highest BCUT2D eigenvalue weighted by atomic mass is 32.1. The fourth-order valence-electron chi connectivity index (χ4n) is 3.08. The van der Waals surface area contributed by atoms with Crippen LogP contribution in [0.1, 0.15) is 57.0 Å². The lowest BCUT2D eigenvalue weighted by atomic mass is 10.1. The first-order chi connectivity index (χ1) is 12.3. The van der Waals surface area contributed by atoms with Crippen LogP contribution in [0.15, 0.2) is 12.1 Å². The predicted molar refractivity (Wildman–Crippen MR) is 92.2 cm³/mol. The number of hydrogen-bond donors (Lipinski definition) is 1. The number of alkyl halides is 3. The van der Waals surface area contributed by atoms with E-state index in [9.17, 15) is 23.2 Å². The molecule has 0 fully saturated rings. The first-order valence-electron chi connectivity index (χ1n) is 8.22. The molecule has 0 aliphatic heterocycles. The number of fused-ring (bicyclic) bond motifs is 1. The van der Waals surface area contributed by atoms with Crippen LogP contribution in [0.2, 0.25) is 0 Å². The predicted octanol–water partition coefficient (Wildman–Crippen LogP) is 4.86. The summed E-state index contributed by atoms with van der Waals surface area (Å²) in [4.78, 5) is 17.1. The zero-order valence-corrected chi connectivity index (χ0v) is 14.9. The average molecular weight is 379 g/mol. The Hall–Kier alpha value is -2.40. The van der Waals surface area contributed by atoms with Crippen LogP contribution in [0.3, 0.4) is 0 Å². The zero-order valence-electron chi connectivity index (χ0n) is 14.0. The van der Waals surface area contributed by atoms with Crippen molar-refractivity contribution in [1.29, 1.82) is 5.26 Å². The minimum Gasteiger partial charge on any atom is -0.312 e. The molecule has 136 valence electrons. The summed E-state index contributed by atoms with van der Waals surface area (Å²) in [5.41, 5.74) is 0.483. The molecule has 0 saturated heterocycles. The van der Waals surface area contributed by atoms with Gasteiger partial charge in [-0.05, 0) is 50.3 Å². The van der Waals surface area contributed by atoms with Gasteiger partial charge < -0.3 is 5.32 Å². The lowest BCUT2D eigenvalue weighted by Gasteiger charge is -2.10. The third-order valence-corrected chi connectivity index (χ3v) is 5.59. The maximum atomic E-state index is 12.7. The topological polar surface area (TPSA) is 65.8 Å². The summed E-state index contributed by atoms with van der Waals surface area (Å²) in [5.74, 6) is -0.559. The van der Waals surface area contributed by atoms with E-state index < -0.39 is 17.8 Å². The number of aromatic nitrogens is 1. The second-order valence-electron chi connectivity index (χ2n) is 6.16. The van der Waals surface area contributed by atoms with Crippen LogP contribution in [0.5, 0.6) is 0 Å². The summed E-state index contributed by atoms with van der Waals surface area (Å²) < 4.78 is 38.1. The van der Waals surface area contributed by atoms with E-state index in [0.29, 0.717) is 10.6 Å². The van der Waals surface area contributed by atoms with Gasteiger partial charge >= 0.3 is 6.18 Å². The molecule has 0 radical (unpaired) electrons. The molecular weight excluding hydrogens is 363 g/mol. The monoisotopic (exact) mass is 379 g/mol. The number of carbonyl (C=O) groups is 1. The molecule has 1 aliphatic rings. The van der Waals surface area contributed by atoms with Crippen molar-refractivity contribution in [3.8, 4) is 6.07 Å². The number of thiophene rings is 1. The number of nitrogens with zero attached hydrogens (tertiary/aromatic N) is 2. The molecule has 2 aromatic rings. The van der Waals surface area contributed by atoms with E-state index in [1.165, 1.54) is 18.3 Å². The molecule has 0 aromatic carbocycles. The van der Waals surface area contributed by atoms with E-state index in [1.54, 1.807) is 0 Å². The van der Waals surface area contributed by atoms with Gasteiger partial charge in [-0.1, -0.05) is 6.42 Å². The number of amides is 1. The summed E-state index contributed by atoms with van der Waals surface area (Å²) in [6.45, 7) is 1.36.